The molecule has 0 unspecified atom stereocenters. The van der Waals surface area contributed by atoms with Crippen molar-refractivity contribution >= 4 is 5.91 Å². The van der Waals surface area contributed by atoms with Gasteiger partial charge in [-0.2, -0.15) is 0 Å². The van der Waals surface area contributed by atoms with Crippen molar-refractivity contribution in [2.75, 3.05) is 40.5 Å². The van der Waals surface area contributed by atoms with E-state index in [1.807, 2.05) is 5.01 Å². The van der Waals surface area contributed by atoms with Crippen LogP contribution in [0.2, 0.25) is 0 Å². The van der Waals surface area contributed by atoms with E-state index in [1.165, 1.54) is 0 Å². The summed E-state index contributed by atoms with van der Waals surface area (Å²) < 4.78 is 15.5. The van der Waals surface area contributed by atoms with Crippen molar-refractivity contribution in [1.82, 2.24) is 10.4 Å². The van der Waals surface area contributed by atoms with E-state index in [-0.39, 0.29) is 5.91 Å². The van der Waals surface area contributed by atoms with E-state index in [4.69, 9.17) is 14.2 Å². The smallest absolute Gasteiger partial charge is 0.265 e. The number of hydrazine groups is 1. The highest BCUT2D eigenvalue weighted by atomic mass is 16.5. The molecule has 104 valence electrons. The summed E-state index contributed by atoms with van der Waals surface area (Å²) >= 11 is 0. The predicted molar refractivity (Wildman–Crippen MR) is 69.4 cm³/mol. The van der Waals surface area contributed by atoms with E-state index in [0.29, 0.717) is 43.4 Å². The van der Waals surface area contributed by atoms with Gasteiger partial charge in [0.25, 0.3) is 5.91 Å². The molecule has 1 saturated heterocycles. The minimum atomic E-state index is -0.164. The number of nitrogens with zero attached hydrogens (tertiary/aromatic N) is 1. The number of hydrogen-bond acceptors (Lipinski definition) is 5. The Bertz CT molecular complexity index is 444. The topological polar surface area (TPSA) is 60.0 Å². The lowest BCUT2D eigenvalue weighted by Crippen LogP contribution is -2.48. The molecular weight excluding hydrogens is 248 g/mol. The number of rotatable bonds is 4. The zero-order valence-electron chi connectivity index (χ0n) is 11.1. The second kappa shape index (κ2) is 6.40. The number of ether oxygens (including phenoxy) is 3. The Kier molecular flexibility index (Phi) is 4.59. The van der Waals surface area contributed by atoms with Gasteiger partial charge in [-0.1, -0.05) is 0 Å². The highest BCUT2D eigenvalue weighted by molar-refractivity contribution is 5.94. The minimum absolute atomic E-state index is 0.164. The Hall–Kier alpha value is -1.79. The first kappa shape index (κ1) is 13.6. The Morgan fingerprint density at radius 2 is 1.89 bits per heavy atom. The molecule has 1 amide bonds. The number of nitrogens with one attached hydrogen (secondary N) is 1. The molecule has 0 spiro atoms. The average molecular weight is 266 g/mol. The monoisotopic (exact) mass is 266 g/mol. The van der Waals surface area contributed by atoms with Crippen LogP contribution in [-0.4, -0.2) is 51.4 Å². The molecule has 1 fully saturated rings. The molecule has 19 heavy (non-hydrogen) atoms. The van der Waals surface area contributed by atoms with Gasteiger partial charge in [-0.3, -0.25) is 10.2 Å². The normalized spacial score (nSPS) is 15.9. The fourth-order valence-electron chi connectivity index (χ4n) is 1.86. The van der Waals surface area contributed by atoms with Gasteiger partial charge in [0, 0.05) is 18.7 Å². The third kappa shape index (κ3) is 3.36. The van der Waals surface area contributed by atoms with Crippen LogP contribution in [0.15, 0.2) is 18.2 Å². The summed E-state index contributed by atoms with van der Waals surface area (Å²) in [7, 11) is 3.10. The molecule has 0 aliphatic carbocycles. The number of hydrogen-bond donors (Lipinski definition) is 1. The zero-order valence-corrected chi connectivity index (χ0v) is 11.1. The fraction of sp³-hybridized carbons (Fsp3) is 0.462. The molecular formula is C13H18N2O4. The van der Waals surface area contributed by atoms with Crippen LogP contribution >= 0.6 is 0 Å². The molecule has 0 radical (unpaired) electrons. The van der Waals surface area contributed by atoms with E-state index >= 15 is 0 Å². The molecule has 0 bridgehead atoms. The molecule has 6 heteroatoms. The standard InChI is InChI=1S/C13H18N2O4/c1-17-11-4-3-10(9-12(11)18-2)13(16)14-15-5-7-19-8-6-15/h3-4,9H,5-8H2,1-2H3,(H,14,16). The molecule has 0 saturated carbocycles. The average Bonchev–Trinajstić information content (AvgIpc) is 2.47. The number of amides is 1. The van der Waals surface area contributed by atoms with Crippen molar-refractivity contribution < 1.29 is 19.0 Å². The molecule has 1 aliphatic heterocycles. The third-order valence-electron chi connectivity index (χ3n) is 2.92. The first-order valence-corrected chi connectivity index (χ1v) is 6.10. The Morgan fingerprint density at radius 1 is 1.21 bits per heavy atom. The zero-order chi connectivity index (χ0) is 13.7. The van der Waals surface area contributed by atoms with E-state index in [0.717, 1.165) is 0 Å². The maximum Gasteiger partial charge on any atom is 0.265 e. The number of morpholine rings is 1. The maximum absolute atomic E-state index is 12.1. The van der Waals surface area contributed by atoms with Crippen molar-refractivity contribution in [1.29, 1.82) is 0 Å². The van der Waals surface area contributed by atoms with Crippen molar-refractivity contribution in [2.45, 2.75) is 0 Å². The Labute approximate surface area is 112 Å². The summed E-state index contributed by atoms with van der Waals surface area (Å²) in [4.78, 5) is 12.1. The number of benzene rings is 1. The van der Waals surface area contributed by atoms with Gasteiger partial charge in [0.15, 0.2) is 11.5 Å². The van der Waals surface area contributed by atoms with Crippen molar-refractivity contribution in [2.24, 2.45) is 0 Å². The molecule has 6 nitrogen and oxygen atoms in total. The summed E-state index contributed by atoms with van der Waals surface area (Å²) in [6, 6.07) is 5.08. The summed E-state index contributed by atoms with van der Waals surface area (Å²) in [5, 5.41) is 1.85. The van der Waals surface area contributed by atoms with Crippen molar-refractivity contribution in [3.8, 4) is 11.5 Å². The molecule has 1 N–H and O–H groups in total. The van der Waals surface area contributed by atoms with Crippen LogP contribution in [0, 0.1) is 0 Å². The van der Waals surface area contributed by atoms with Crippen LogP contribution in [0.3, 0.4) is 0 Å². The van der Waals surface area contributed by atoms with Crippen LogP contribution in [-0.2, 0) is 4.74 Å². The van der Waals surface area contributed by atoms with E-state index in [1.54, 1.807) is 32.4 Å². The van der Waals surface area contributed by atoms with Crippen LogP contribution in [0.25, 0.3) is 0 Å². The van der Waals surface area contributed by atoms with Gasteiger partial charge in [-0.15, -0.1) is 0 Å². The molecule has 1 heterocycles. The van der Waals surface area contributed by atoms with E-state index in [9.17, 15) is 4.79 Å². The number of methoxy groups -OCH3 is 2. The highest BCUT2D eigenvalue weighted by Gasteiger charge is 2.15. The van der Waals surface area contributed by atoms with Crippen molar-refractivity contribution in [3.05, 3.63) is 23.8 Å². The summed E-state index contributed by atoms with van der Waals surface area (Å²) in [5.41, 5.74) is 3.37. The number of carbonyl (C=O) groups excluding carboxylic acids is 1. The lowest BCUT2D eigenvalue weighted by molar-refractivity contribution is 0.0126. The minimum Gasteiger partial charge on any atom is -0.493 e. The molecule has 1 aromatic carbocycles. The molecule has 1 aliphatic rings. The third-order valence-corrected chi connectivity index (χ3v) is 2.92. The second-order valence-electron chi connectivity index (χ2n) is 4.11. The highest BCUT2D eigenvalue weighted by Crippen LogP contribution is 2.27. The summed E-state index contributed by atoms with van der Waals surface area (Å²) in [5.74, 6) is 0.977. The molecule has 1 aromatic rings. The molecule has 0 aromatic heterocycles. The van der Waals surface area contributed by atoms with Gasteiger partial charge < -0.3 is 14.2 Å². The van der Waals surface area contributed by atoms with Crippen LogP contribution < -0.4 is 14.9 Å². The summed E-state index contributed by atoms with van der Waals surface area (Å²) in [6.45, 7) is 2.65. The van der Waals surface area contributed by atoms with Crippen LogP contribution in [0.5, 0.6) is 11.5 Å². The first-order chi connectivity index (χ1) is 9.24. The quantitative estimate of drug-likeness (QED) is 0.868. The molecule has 0 atom stereocenters. The second-order valence-corrected chi connectivity index (χ2v) is 4.11. The van der Waals surface area contributed by atoms with Crippen LogP contribution in [0.1, 0.15) is 10.4 Å². The van der Waals surface area contributed by atoms with Gasteiger partial charge in [0.2, 0.25) is 0 Å². The Morgan fingerprint density at radius 3 is 2.53 bits per heavy atom. The SMILES string of the molecule is COc1ccc(C(=O)NN2CCOCC2)cc1OC. The predicted octanol–water partition coefficient (Wildman–Crippen LogP) is 0.681. The van der Waals surface area contributed by atoms with Gasteiger partial charge in [-0.05, 0) is 18.2 Å². The van der Waals surface area contributed by atoms with Gasteiger partial charge >= 0.3 is 0 Å². The van der Waals surface area contributed by atoms with Crippen LogP contribution in [0.4, 0.5) is 0 Å². The van der Waals surface area contributed by atoms with E-state index < -0.39 is 0 Å². The molecule has 2 rings (SSSR count). The van der Waals surface area contributed by atoms with E-state index in [2.05, 4.69) is 5.43 Å². The van der Waals surface area contributed by atoms with Gasteiger partial charge in [0.1, 0.15) is 0 Å². The summed E-state index contributed by atoms with van der Waals surface area (Å²) in [6.07, 6.45) is 0. The van der Waals surface area contributed by atoms with Gasteiger partial charge in [-0.25, -0.2) is 5.01 Å². The lowest BCUT2D eigenvalue weighted by Gasteiger charge is -2.27. The number of carbonyl (C=O) groups is 1. The largest absolute Gasteiger partial charge is 0.493 e. The van der Waals surface area contributed by atoms with Crippen molar-refractivity contribution in [3.63, 3.8) is 0 Å². The maximum atomic E-state index is 12.1. The lowest BCUT2D eigenvalue weighted by atomic mass is 10.2. The first-order valence-electron chi connectivity index (χ1n) is 6.10. The van der Waals surface area contributed by atoms with Gasteiger partial charge in [0.05, 0.1) is 27.4 Å². The fourth-order valence-corrected chi connectivity index (χ4v) is 1.86. The Balaban J connectivity index is 2.05.